The summed E-state index contributed by atoms with van der Waals surface area (Å²) in [7, 11) is -1.80. The monoisotopic (exact) mass is 495 g/mol. The number of ether oxygens (including phenoxy) is 2. The summed E-state index contributed by atoms with van der Waals surface area (Å²) >= 11 is 0. The lowest BCUT2D eigenvalue weighted by Crippen LogP contribution is -2.30. The number of nitrogens with zero attached hydrogens (tertiary/aromatic N) is 1. The highest BCUT2D eigenvalue weighted by Crippen LogP contribution is 2.33. The Kier molecular flexibility index (Phi) is 7.06. The molecule has 0 atom stereocenters. The molecule has 0 heterocycles. The van der Waals surface area contributed by atoms with Gasteiger partial charge in [0.15, 0.2) is 5.75 Å². The molecule has 3 aromatic rings. The van der Waals surface area contributed by atoms with Gasteiger partial charge in [0.25, 0.3) is 5.91 Å². The number of anilines is 1. The predicted molar refractivity (Wildman–Crippen MR) is 120 cm³/mol. The summed E-state index contributed by atoms with van der Waals surface area (Å²) in [6.07, 6.45) is 0. The molecule has 7 nitrogen and oxygen atoms in total. The fourth-order valence-electron chi connectivity index (χ4n) is 3.00. The molecule has 11 heteroatoms. The van der Waals surface area contributed by atoms with Crippen LogP contribution >= 0.6 is 0 Å². The third kappa shape index (κ3) is 5.25. The first kappa shape index (κ1) is 24.9. The van der Waals surface area contributed by atoms with Gasteiger partial charge in [-0.1, -0.05) is 24.3 Å². The van der Waals surface area contributed by atoms with Crippen molar-refractivity contribution in [2.45, 2.75) is 5.51 Å². The van der Waals surface area contributed by atoms with E-state index >= 15 is 0 Å². The number of hydrogen-bond donors (Lipinski definition) is 0. The van der Waals surface area contributed by atoms with E-state index in [2.05, 4.69) is 4.18 Å². The zero-order valence-corrected chi connectivity index (χ0v) is 19.1. The van der Waals surface area contributed by atoms with Gasteiger partial charge >= 0.3 is 15.6 Å². The molecule has 0 aromatic heterocycles. The highest BCUT2D eigenvalue weighted by molar-refractivity contribution is 7.88. The summed E-state index contributed by atoms with van der Waals surface area (Å²) in [6, 6.07) is 17.5. The molecule has 0 saturated heterocycles. The van der Waals surface area contributed by atoms with Gasteiger partial charge in [-0.15, -0.1) is 0 Å². The molecule has 1 amide bonds. The Balaban J connectivity index is 1.90. The Bertz CT molecular complexity index is 1270. The molecule has 0 saturated carbocycles. The number of benzene rings is 3. The molecular weight excluding hydrogens is 475 g/mol. The van der Waals surface area contributed by atoms with Crippen molar-refractivity contribution in [3.63, 3.8) is 0 Å². The van der Waals surface area contributed by atoms with Crippen LogP contribution in [-0.2, 0) is 10.1 Å². The average Bonchev–Trinajstić information content (AvgIpc) is 2.82. The van der Waals surface area contributed by atoms with Crippen LogP contribution < -0.4 is 18.6 Å². The maximum Gasteiger partial charge on any atom is 0.534 e. The van der Waals surface area contributed by atoms with Crippen LogP contribution in [0.1, 0.15) is 10.4 Å². The van der Waals surface area contributed by atoms with Crippen LogP contribution in [0.4, 0.5) is 18.9 Å². The topological polar surface area (TPSA) is 82.1 Å². The third-order valence-corrected chi connectivity index (χ3v) is 5.85. The van der Waals surface area contributed by atoms with Crippen molar-refractivity contribution in [3.8, 4) is 28.4 Å². The van der Waals surface area contributed by atoms with Crippen LogP contribution in [0.2, 0.25) is 0 Å². The van der Waals surface area contributed by atoms with E-state index < -0.39 is 32.8 Å². The summed E-state index contributed by atoms with van der Waals surface area (Å²) in [5.74, 6) is -0.873. The van der Waals surface area contributed by atoms with Gasteiger partial charge in [0.1, 0.15) is 11.5 Å². The van der Waals surface area contributed by atoms with Crippen molar-refractivity contribution in [1.29, 1.82) is 0 Å². The first-order valence-electron chi connectivity index (χ1n) is 9.68. The maximum absolute atomic E-state index is 13.0. The lowest BCUT2D eigenvalue weighted by atomic mass is 10.0. The van der Waals surface area contributed by atoms with Gasteiger partial charge in [0, 0.05) is 18.8 Å². The largest absolute Gasteiger partial charge is 0.534 e. The Morgan fingerprint density at radius 2 is 1.32 bits per heavy atom. The molecule has 0 bridgehead atoms. The summed E-state index contributed by atoms with van der Waals surface area (Å²) in [5.41, 5.74) is -3.88. The summed E-state index contributed by atoms with van der Waals surface area (Å²) < 4.78 is 75.9. The lowest BCUT2D eigenvalue weighted by Gasteiger charge is -2.20. The number of methoxy groups -OCH3 is 2. The molecule has 0 aliphatic heterocycles. The van der Waals surface area contributed by atoms with Gasteiger partial charge < -0.3 is 18.6 Å². The molecule has 0 aliphatic rings. The molecule has 0 N–H and O–H groups in total. The average molecular weight is 495 g/mol. The summed E-state index contributed by atoms with van der Waals surface area (Å²) in [4.78, 5) is 14.2. The first-order valence-corrected chi connectivity index (χ1v) is 11.1. The van der Waals surface area contributed by atoms with Crippen LogP contribution in [0.15, 0.2) is 66.7 Å². The zero-order chi connectivity index (χ0) is 25.1. The minimum Gasteiger partial charge on any atom is -0.497 e. The molecule has 0 spiro atoms. The number of amides is 1. The fraction of sp³-hybridized carbons (Fsp3) is 0.174. The van der Waals surface area contributed by atoms with Crippen molar-refractivity contribution < 1.29 is 40.0 Å². The molecule has 180 valence electrons. The quantitative estimate of drug-likeness (QED) is 0.343. The van der Waals surface area contributed by atoms with Gasteiger partial charge in [-0.3, -0.25) is 4.79 Å². The summed E-state index contributed by atoms with van der Waals surface area (Å²) in [6.45, 7) is 0. The maximum atomic E-state index is 13.0. The molecule has 0 unspecified atom stereocenters. The highest BCUT2D eigenvalue weighted by atomic mass is 32.2. The molecule has 0 fully saturated rings. The van der Waals surface area contributed by atoms with E-state index in [1.165, 1.54) is 20.2 Å². The fourth-order valence-corrected chi connectivity index (χ4v) is 3.47. The van der Waals surface area contributed by atoms with Crippen molar-refractivity contribution in [2.75, 3.05) is 26.2 Å². The van der Waals surface area contributed by atoms with E-state index in [4.69, 9.17) is 9.47 Å². The van der Waals surface area contributed by atoms with Gasteiger partial charge in [0.2, 0.25) is 0 Å². The number of halogens is 3. The number of rotatable bonds is 7. The predicted octanol–water partition coefficient (Wildman–Crippen LogP) is 4.88. The minimum atomic E-state index is -6.00. The molecule has 0 radical (unpaired) electrons. The van der Waals surface area contributed by atoms with Crippen LogP contribution in [0.25, 0.3) is 11.1 Å². The normalized spacial score (nSPS) is 11.6. The number of carbonyl (C=O) groups excluding carboxylic acids is 1. The smallest absolute Gasteiger partial charge is 0.497 e. The Morgan fingerprint density at radius 1 is 0.824 bits per heavy atom. The molecule has 3 aromatic carbocycles. The second kappa shape index (κ2) is 9.64. The van der Waals surface area contributed by atoms with Crippen LogP contribution in [0.5, 0.6) is 17.2 Å². The molecular formula is C23H20F3NO6S. The van der Waals surface area contributed by atoms with E-state index in [-0.39, 0.29) is 5.75 Å². The van der Waals surface area contributed by atoms with Crippen LogP contribution in [-0.4, -0.2) is 41.1 Å². The SMILES string of the molecule is COc1ccc(-c2ccc(N(C)C(=O)c3ccc(OC)cc3OS(=O)(=O)C(F)(F)F)cc2)cc1. The third-order valence-electron chi connectivity index (χ3n) is 4.88. The van der Waals surface area contributed by atoms with Crippen LogP contribution in [0.3, 0.4) is 0 Å². The van der Waals surface area contributed by atoms with Crippen molar-refractivity contribution in [3.05, 3.63) is 72.3 Å². The number of alkyl halides is 3. The van der Waals surface area contributed by atoms with Crippen molar-refractivity contribution in [1.82, 2.24) is 0 Å². The number of hydrogen-bond acceptors (Lipinski definition) is 6. The Hall–Kier alpha value is -3.73. The lowest BCUT2D eigenvalue weighted by molar-refractivity contribution is -0.0500. The Morgan fingerprint density at radius 3 is 1.82 bits per heavy atom. The Labute approximate surface area is 194 Å². The standard InChI is InChI=1S/C23H20F3NO6S/c1-27(17-8-4-15(5-9-17)16-6-10-18(31-2)11-7-16)22(28)20-13-12-19(32-3)14-21(20)33-34(29,30)23(24,25)26/h4-14H,1-3H3. The minimum absolute atomic E-state index is 0.00965. The van der Waals surface area contributed by atoms with Crippen molar-refractivity contribution in [2.24, 2.45) is 0 Å². The first-order chi connectivity index (χ1) is 16.0. The molecule has 0 aliphatic carbocycles. The van der Waals surface area contributed by atoms with E-state index in [1.54, 1.807) is 43.5 Å². The molecule has 3 rings (SSSR count). The van der Waals surface area contributed by atoms with Gasteiger partial charge in [-0.25, -0.2) is 0 Å². The zero-order valence-electron chi connectivity index (χ0n) is 18.3. The van der Waals surface area contributed by atoms with E-state index in [0.717, 1.165) is 28.2 Å². The second-order valence-corrected chi connectivity index (χ2v) is 8.52. The van der Waals surface area contributed by atoms with E-state index in [1.807, 2.05) is 12.1 Å². The van der Waals surface area contributed by atoms with Crippen molar-refractivity contribution >= 4 is 21.7 Å². The highest BCUT2D eigenvalue weighted by Gasteiger charge is 2.49. The van der Waals surface area contributed by atoms with Gasteiger partial charge in [-0.05, 0) is 47.5 Å². The van der Waals surface area contributed by atoms with Gasteiger partial charge in [0.05, 0.1) is 19.8 Å². The summed E-state index contributed by atoms with van der Waals surface area (Å²) in [5, 5.41) is 0. The number of carbonyl (C=O) groups is 1. The molecule has 34 heavy (non-hydrogen) atoms. The van der Waals surface area contributed by atoms with E-state index in [9.17, 15) is 26.4 Å². The van der Waals surface area contributed by atoms with Gasteiger partial charge in [-0.2, -0.15) is 21.6 Å². The van der Waals surface area contributed by atoms with E-state index in [0.29, 0.717) is 11.4 Å². The van der Waals surface area contributed by atoms with Crippen LogP contribution in [0, 0.1) is 0 Å². The second-order valence-electron chi connectivity index (χ2n) is 6.98.